The molecule has 2 aromatic rings. The van der Waals surface area contributed by atoms with Gasteiger partial charge in [0.2, 0.25) is 16.8 Å². The first-order valence-electron chi connectivity index (χ1n) is 9.55. The molecule has 0 bridgehead atoms. The number of anilines is 1. The molecule has 2 aliphatic rings. The molecule has 1 amide bonds. The van der Waals surface area contributed by atoms with Gasteiger partial charge in [-0.2, -0.15) is 4.31 Å². The van der Waals surface area contributed by atoms with Gasteiger partial charge in [0, 0.05) is 11.8 Å². The number of hydrogen-bond donors (Lipinski definition) is 2. The summed E-state index contributed by atoms with van der Waals surface area (Å²) in [5.41, 5.74) is 0.649. The molecule has 2 aliphatic heterocycles. The molecule has 2 aromatic carbocycles. The van der Waals surface area contributed by atoms with Crippen molar-refractivity contribution in [3.8, 4) is 11.5 Å². The number of quaternary nitrogens is 1. The van der Waals surface area contributed by atoms with Crippen LogP contribution in [0.25, 0.3) is 0 Å². The van der Waals surface area contributed by atoms with Gasteiger partial charge >= 0.3 is 0 Å². The number of amides is 1. The van der Waals surface area contributed by atoms with Crippen LogP contribution in [0.2, 0.25) is 0 Å². The van der Waals surface area contributed by atoms with Crippen LogP contribution in [0.15, 0.2) is 53.4 Å². The average molecular weight is 418 g/mol. The van der Waals surface area contributed by atoms with Gasteiger partial charge in [-0.1, -0.05) is 18.2 Å². The fourth-order valence-electron chi connectivity index (χ4n) is 3.60. The largest absolute Gasteiger partial charge is 0.454 e. The first-order valence-corrected chi connectivity index (χ1v) is 11.0. The van der Waals surface area contributed by atoms with Crippen LogP contribution >= 0.6 is 0 Å². The van der Waals surface area contributed by atoms with Crippen LogP contribution in [0.5, 0.6) is 11.5 Å². The van der Waals surface area contributed by atoms with Gasteiger partial charge in [-0.15, -0.1) is 0 Å². The van der Waals surface area contributed by atoms with Crippen molar-refractivity contribution >= 4 is 21.6 Å². The summed E-state index contributed by atoms with van der Waals surface area (Å²) >= 11 is 0. The van der Waals surface area contributed by atoms with E-state index in [0.717, 1.165) is 4.90 Å². The lowest BCUT2D eigenvalue weighted by molar-refractivity contribution is -0.917. The van der Waals surface area contributed by atoms with Gasteiger partial charge in [0.05, 0.1) is 31.1 Å². The highest BCUT2D eigenvalue weighted by Crippen LogP contribution is 2.34. The van der Waals surface area contributed by atoms with Crippen molar-refractivity contribution in [1.82, 2.24) is 4.31 Å². The van der Waals surface area contributed by atoms with E-state index in [-0.39, 0.29) is 18.7 Å². The highest BCUT2D eigenvalue weighted by Gasteiger charge is 2.34. The zero-order valence-corrected chi connectivity index (χ0v) is 16.9. The lowest BCUT2D eigenvalue weighted by Gasteiger charge is -2.34. The molecule has 2 heterocycles. The summed E-state index contributed by atoms with van der Waals surface area (Å²) in [5.74, 6) is 1.16. The maximum atomic E-state index is 12.7. The molecular formula is C20H24N3O5S+. The zero-order valence-electron chi connectivity index (χ0n) is 16.1. The smallest absolute Gasteiger partial charge is 0.282 e. The van der Waals surface area contributed by atoms with Crippen molar-refractivity contribution < 1.29 is 27.6 Å². The van der Waals surface area contributed by atoms with Crippen LogP contribution in [0.1, 0.15) is 6.92 Å². The maximum Gasteiger partial charge on any atom is 0.282 e. The van der Waals surface area contributed by atoms with Crippen LogP contribution in [-0.2, 0) is 14.8 Å². The molecule has 4 rings (SSSR count). The third-order valence-corrected chi connectivity index (χ3v) is 7.30. The van der Waals surface area contributed by atoms with Crippen molar-refractivity contribution in [3.63, 3.8) is 0 Å². The van der Waals surface area contributed by atoms with Crippen molar-refractivity contribution in [2.24, 2.45) is 0 Å². The van der Waals surface area contributed by atoms with Crippen molar-refractivity contribution in [2.45, 2.75) is 17.9 Å². The predicted molar refractivity (Wildman–Crippen MR) is 107 cm³/mol. The Kier molecular flexibility index (Phi) is 5.44. The Balaban J connectivity index is 1.35. The van der Waals surface area contributed by atoms with Crippen LogP contribution in [0.4, 0.5) is 5.69 Å². The minimum absolute atomic E-state index is 0.113. The molecular weight excluding hydrogens is 394 g/mol. The Morgan fingerprint density at radius 3 is 2.48 bits per heavy atom. The number of rotatable bonds is 5. The summed E-state index contributed by atoms with van der Waals surface area (Å²) in [7, 11) is -3.49. The Labute approximate surface area is 170 Å². The highest BCUT2D eigenvalue weighted by atomic mass is 32.2. The normalized spacial score (nSPS) is 18.4. The molecule has 154 valence electrons. The molecule has 8 nitrogen and oxygen atoms in total. The monoisotopic (exact) mass is 418 g/mol. The number of nitrogens with one attached hydrogen (secondary N) is 2. The zero-order chi connectivity index (χ0) is 20.4. The number of carbonyl (C=O) groups excluding carboxylic acids is 1. The Morgan fingerprint density at radius 1 is 1.07 bits per heavy atom. The summed E-state index contributed by atoms with van der Waals surface area (Å²) in [6.07, 6.45) is 0. The van der Waals surface area contributed by atoms with E-state index in [1.165, 1.54) is 4.31 Å². The summed E-state index contributed by atoms with van der Waals surface area (Å²) in [6.45, 7) is 3.95. The summed E-state index contributed by atoms with van der Waals surface area (Å²) < 4.78 is 37.6. The molecule has 9 heteroatoms. The number of nitrogens with zero attached hydrogens (tertiary/aromatic N) is 1. The van der Waals surface area contributed by atoms with E-state index in [4.69, 9.17) is 9.47 Å². The molecule has 1 saturated heterocycles. The molecule has 0 aromatic heterocycles. The quantitative estimate of drug-likeness (QED) is 0.731. The molecule has 1 atom stereocenters. The van der Waals surface area contributed by atoms with E-state index in [1.807, 2.05) is 6.92 Å². The molecule has 0 saturated carbocycles. The Morgan fingerprint density at radius 2 is 1.76 bits per heavy atom. The fourth-order valence-corrected chi connectivity index (χ4v) is 5.06. The average Bonchev–Trinajstić information content (AvgIpc) is 3.22. The molecule has 0 radical (unpaired) electrons. The third-order valence-electron chi connectivity index (χ3n) is 5.39. The van der Waals surface area contributed by atoms with Gasteiger partial charge in [0.1, 0.15) is 0 Å². The number of fused-ring (bicyclic) bond motifs is 1. The lowest BCUT2D eigenvalue weighted by atomic mass is 10.2. The van der Waals surface area contributed by atoms with Crippen LogP contribution in [-0.4, -0.2) is 57.6 Å². The molecule has 1 fully saturated rings. The van der Waals surface area contributed by atoms with Gasteiger partial charge in [-0.05, 0) is 31.2 Å². The van der Waals surface area contributed by atoms with E-state index in [0.29, 0.717) is 48.3 Å². The number of hydrogen-bond acceptors (Lipinski definition) is 5. The Bertz CT molecular complexity index is 988. The van der Waals surface area contributed by atoms with Gasteiger partial charge in [-0.25, -0.2) is 8.42 Å². The Hall–Kier alpha value is -2.62. The van der Waals surface area contributed by atoms with E-state index in [9.17, 15) is 13.2 Å². The lowest BCUT2D eigenvalue weighted by Crippen LogP contribution is -3.19. The second kappa shape index (κ2) is 8.02. The topological polar surface area (TPSA) is 89.4 Å². The van der Waals surface area contributed by atoms with E-state index in [2.05, 4.69) is 5.32 Å². The second-order valence-corrected chi connectivity index (χ2v) is 9.09. The predicted octanol–water partition coefficient (Wildman–Crippen LogP) is 0.332. The summed E-state index contributed by atoms with van der Waals surface area (Å²) in [5, 5.41) is 2.91. The first-order chi connectivity index (χ1) is 13.9. The first kappa shape index (κ1) is 19.7. The number of carbonyl (C=O) groups is 1. The SMILES string of the molecule is C[C@H](C(=O)Nc1ccc2c(c1)OCO2)[NH+]1CCN(S(=O)(=O)c2ccccc2)CC1. The summed E-state index contributed by atoms with van der Waals surface area (Å²) in [4.78, 5) is 14.0. The van der Waals surface area contributed by atoms with Gasteiger partial charge in [0.15, 0.2) is 17.5 Å². The van der Waals surface area contributed by atoms with Crippen LogP contribution in [0, 0.1) is 0 Å². The minimum Gasteiger partial charge on any atom is -0.454 e. The standard InChI is InChI=1S/C20H23N3O5S/c1-15(20(24)21-16-7-8-18-19(13-16)28-14-27-18)22-9-11-23(12-10-22)29(25,26)17-5-3-2-4-6-17/h2-8,13,15H,9-12,14H2,1H3,(H,21,24)/p+1/t15-/m1/s1. The van der Waals surface area contributed by atoms with E-state index >= 15 is 0 Å². The minimum atomic E-state index is -3.49. The maximum absolute atomic E-state index is 12.7. The number of piperazine rings is 1. The number of benzene rings is 2. The second-order valence-electron chi connectivity index (χ2n) is 7.15. The third kappa shape index (κ3) is 4.07. The van der Waals surface area contributed by atoms with Crippen molar-refractivity contribution in [1.29, 1.82) is 0 Å². The fraction of sp³-hybridized carbons (Fsp3) is 0.350. The molecule has 29 heavy (non-hydrogen) atoms. The van der Waals surface area contributed by atoms with Gasteiger partial charge in [-0.3, -0.25) is 4.79 Å². The molecule has 0 unspecified atom stereocenters. The van der Waals surface area contributed by atoms with Crippen molar-refractivity contribution in [2.75, 3.05) is 38.3 Å². The molecule has 0 spiro atoms. The van der Waals surface area contributed by atoms with E-state index < -0.39 is 10.0 Å². The molecule has 0 aliphatic carbocycles. The van der Waals surface area contributed by atoms with E-state index in [1.54, 1.807) is 48.5 Å². The van der Waals surface area contributed by atoms with Gasteiger partial charge < -0.3 is 19.7 Å². The number of sulfonamides is 1. The van der Waals surface area contributed by atoms with Crippen LogP contribution in [0.3, 0.4) is 0 Å². The van der Waals surface area contributed by atoms with Crippen LogP contribution < -0.4 is 19.7 Å². The summed E-state index contributed by atoms with van der Waals surface area (Å²) in [6, 6.07) is 13.4. The van der Waals surface area contributed by atoms with Gasteiger partial charge in [0.25, 0.3) is 5.91 Å². The highest BCUT2D eigenvalue weighted by molar-refractivity contribution is 7.89. The van der Waals surface area contributed by atoms with Crippen molar-refractivity contribution in [3.05, 3.63) is 48.5 Å². The molecule has 2 N–H and O–H groups in total. The number of ether oxygens (including phenoxy) is 2.